The summed E-state index contributed by atoms with van der Waals surface area (Å²) >= 11 is 4.86. The number of anilines is 1. The Morgan fingerprint density at radius 1 is 1.33 bits per heavy atom. The number of alkyl halides is 3. The van der Waals surface area contributed by atoms with Crippen LogP contribution in [0.15, 0.2) is 0 Å². The fourth-order valence-corrected chi connectivity index (χ4v) is 1.75. The second-order valence-electron chi connectivity index (χ2n) is 3.94. The number of hydrogen-bond acceptors (Lipinski definition) is 4. The lowest BCUT2D eigenvalue weighted by Gasteiger charge is -2.22. The van der Waals surface area contributed by atoms with Gasteiger partial charge in [0, 0.05) is 7.05 Å². The van der Waals surface area contributed by atoms with Gasteiger partial charge in [0.15, 0.2) is 5.82 Å². The fourth-order valence-electron chi connectivity index (χ4n) is 1.50. The van der Waals surface area contributed by atoms with E-state index in [9.17, 15) is 13.2 Å². The van der Waals surface area contributed by atoms with E-state index in [2.05, 4.69) is 10.2 Å². The maximum absolute atomic E-state index is 12.4. The summed E-state index contributed by atoms with van der Waals surface area (Å²) in [5.74, 6) is 0.0444. The number of aryl methyl sites for hydroxylation is 1. The summed E-state index contributed by atoms with van der Waals surface area (Å²) in [5.41, 5.74) is 7.10. The number of thiocarbonyl (C=S) groups is 1. The van der Waals surface area contributed by atoms with Crippen LogP contribution < -0.4 is 10.6 Å². The van der Waals surface area contributed by atoms with Crippen LogP contribution in [0, 0.1) is 13.8 Å². The molecule has 0 aromatic carbocycles. The highest BCUT2D eigenvalue weighted by molar-refractivity contribution is 7.80. The second kappa shape index (κ2) is 5.05. The van der Waals surface area contributed by atoms with Crippen molar-refractivity contribution in [3.63, 3.8) is 0 Å². The van der Waals surface area contributed by atoms with Crippen molar-refractivity contribution in [1.29, 1.82) is 0 Å². The van der Waals surface area contributed by atoms with E-state index in [1.54, 1.807) is 13.8 Å². The smallest absolute Gasteiger partial charge is 0.389 e. The minimum absolute atomic E-state index is 0.00882. The third kappa shape index (κ3) is 3.28. The van der Waals surface area contributed by atoms with E-state index < -0.39 is 12.7 Å². The van der Waals surface area contributed by atoms with Gasteiger partial charge in [0.05, 0.1) is 11.3 Å². The quantitative estimate of drug-likeness (QED) is 0.853. The number of aromatic nitrogens is 2. The van der Waals surface area contributed by atoms with Crippen LogP contribution in [0.5, 0.6) is 0 Å². The van der Waals surface area contributed by atoms with Gasteiger partial charge in [0.2, 0.25) is 0 Å². The van der Waals surface area contributed by atoms with Crippen LogP contribution >= 0.6 is 12.2 Å². The first-order valence-electron chi connectivity index (χ1n) is 5.05. The van der Waals surface area contributed by atoms with E-state index >= 15 is 0 Å². The SMILES string of the molecule is Cc1nnc(N(C)CC(F)(F)F)c(C(N)=S)c1C. The molecule has 0 amide bonds. The monoisotopic (exact) mass is 278 g/mol. The van der Waals surface area contributed by atoms with Crippen molar-refractivity contribution in [3.05, 3.63) is 16.8 Å². The predicted molar refractivity (Wildman–Crippen MR) is 66.7 cm³/mol. The largest absolute Gasteiger partial charge is 0.405 e. The standard InChI is InChI=1S/C10H13F3N4S/c1-5-6(2)15-16-9(7(5)8(14)18)17(3)4-10(11,12)13/h4H2,1-3H3,(H2,14,18). The zero-order chi connectivity index (χ0) is 14.1. The van der Waals surface area contributed by atoms with Gasteiger partial charge >= 0.3 is 6.18 Å². The summed E-state index contributed by atoms with van der Waals surface area (Å²) in [6.07, 6.45) is -4.33. The predicted octanol–water partition coefficient (Wildman–Crippen LogP) is 1.73. The molecular formula is C10H13F3N4S. The molecule has 0 aliphatic heterocycles. The van der Waals surface area contributed by atoms with Crippen LogP contribution in [0.1, 0.15) is 16.8 Å². The summed E-state index contributed by atoms with van der Waals surface area (Å²) in [6.45, 7) is 2.25. The summed E-state index contributed by atoms with van der Waals surface area (Å²) in [5, 5.41) is 7.55. The molecule has 100 valence electrons. The molecule has 0 radical (unpaired) electrons. The Bertz CT molecular complexity index is 473. The molecule has 8 heteroatoms. The van der Waals surface area contributed by atoms with E-state index in [4.69, 9.17) is 18.0 Å². The molecule has 2 N–H and O–H groups in total. The molecule has 18 heavy (non-hydrogen) atoms. The molecule has 0 aliphatic carbocycles. The molecule has 0 bridgehead atoms. The molecule has 0 fully saturated rings. The van der Waals surface area contributed by atoms with Crippen LogP contribution in [0.25, 0.3) is 0 Å². The number of rotatable bonds is 3. The maximum atomic E-state index is 12.4. The Labute approximate surface area is 108 Å². The summed E-state index contributed by atoms with van der Waals surface area (Å²) in [4.78, 5) is 0.947. The molecule has 0 saturated heterocycles. The van der Waals surface area contributed by atoms with Crippen molar-refractivity contribution in [2.24, 2.45) is 5.73 Å². The normalized spacial score (nSPS) is 11.4. The van der Waals surface area contributed by atoms with E-state index in [1.807, 2.05) is 0 Å². The van der Waals surface area contributed by atoms with Crippen molar-refractivity contribution >= 4 is 23.0 Å². The highest BCUT2D eigenvalue weighted by Crippen LogP contribution is 2.24. The van der Waals surface area contributed by atoms with E-state index in [0.717, 1.165) is 4.90 Å². The molecule has 0 unspecified atom stereocenters. The van der Waals surface area contributed by atoms with Gasteiger partial charge in [-0.2, -0.15) is 18.3 Å². The lowest BCUT2D eigenvalue weighted by molar-refractivity contribution is -0.119. The minimum atomic E-state index is -4.33. The van der Waals surface area contributed by atoms with Gasteiger partial charge in [-0.05, 0) is 19.4 Å². The molecule has 1 aromatic heterocycles. The van der Waals surface area contributed by atoms with Gasteiger partial charge in [0.25, 0.3) is 0 Å². The highest BCUT2D eigenvalue weighted by Gasteiger charge is 2.31. The zero-order valence-electron chi connectivity index (χ0n) is 10.2. The van der Waals surface area contributed by atoms with Gasteiger partial charge in [-0.15, -0.1) is 5.10 Å². The molecule has 1 heterocycles. The average molecular weight is 278 g/mol. The zero-order valence-corrected chi connectivity index (χ0v) is 11.0. The average Bonchev–Trinajstić information content (AvgIpc) is 2.18. The van der Waals surface area contributed by atoms with Crippen LogP contribution in [-0.4, -0.2) is 35.0 Å². The number of nitrogens with zero attached hydrogens (tertiary/aromatic N) is 3. The molecule has 0 saturated carbocycles. The topological polar surface area (TPSA) is 55.0 Å². The Morgan fingerprint density at radius 3 is 2.33 bits per heavy atom. The molecule has 0 aliphatic rings. The lowest BCUT2D eigenvalue weighted by atomic mass is 10.1. The maximum Gasteiger partial charge on any atom is 0.405 e. The Hall–Kier alpha value is -1.44. The third-order valence-electron chi connectivity index (χ3n) is 2.46. The first kappa shape index (κ1) is 14.6. The van der Waals surface area contributed by atoms with Crippen molar-refractivity contribution in [2.75, 3.05) is 18.5 Å². The molecule has 1 aromatic rings. The van der Waals surface area contributed by atoms with E-state index in [1.165, 1.54) is 7.05 Å². The third-order valence-corrected chi connectivity index (χ3v) is 2.66. The van der Waals surface area contributed by atoms with Crippen LogP contribution in [0.4, 0.5) is 19.0 Å². The first-order chi connectivity index (χ1) is 8.13. The molecular weight excluding hydrogens is 265 g/mol. The van der Waals surface area contributed by atoms with Gasteiger partial charge in [-0.3, -0.25) is 0 Å². The second-order valence-corrected chi connectivity index (χ2v) is 4.38. The van der Waals surface area contributed by atoms with Gasteiger partial charge < -0.3 is 10.6 Å². The molecule has 4 nitrogen and oxygen atoms in total. The minimum Gasteiger partial charge on any atom is -0.389 e. The number of hydrogen-bond donors (Lipinski definition) is 1. The lowest BCUT2D eigenvalue weighted by Crippen LogP contribution is -2.33. The van der Waals surface area contributed by atoms with Crippen molar-refractivity contribution in [1.82, 2.24) is 10.2 Å². The van der Waals surface area contributed by atoms with Gasteiger partial charge in [-0.1, -0.05) is 12.2 Å². The number of nitrogens with two attached hydrogens (primary N) is 1. The molecule has 0 spiro atoms. The van der Waals surface area contributed by atoms with E-state index in [-0.39, 0.29) is 10.8 Å². The Kier molecular flexibility index (Phi) is 4.10. The molecule has 1 rings (SSSR count). The van der Waals surface area contributed by atoms with Crippen LogP contribution in [0.2, 0.25) is 0 Å². The molecule has 0 atom stereocenters. The number of halogens is 3. The Morgan fingerprint density at radius 2 is 1.89 bits per heavy atom. The van der Waals surface area contributed by atoms with E-state index in [0.29, 0.717) is 16.8 Å². The van der Waals surface area contributed by atoms with Crippen molar-refractivity contribution in [2.45, 2.75) is 20.0 Å². The van der Waals surface area contributed by atoms with Gasteiger partial charge in [-0.25, -0.2) is 0 Å². The van der Waals surface area contributed by atoms with Crippen molar-refractivity contribution < 1.29 is 13.2 Å². The van der Waals surface area contributed by atoms with Gasteiger partial charge in [0.1, 0.15) is 11.5 Å². The highest BCUT2D eigenvalue weighted by atomic mass is 32.1. The first-order valence-corrected chi connectivity index (χ1v) is 5.46. The summed E-state index contributed by atoms with van der Waals surface area (Å²) in [6, 6.07) is 0. The van der Waals surface area contributed by atoms with Crippen molar-refractivity contribution in [3.8, 4) is 0 Å². The summed E-state index contributed by atoms with van der Waals surface area (Å²) < 4.78 is 37.1. The Balaban J connectivity index is 3.24. The van der Waals surface area contributed by atoms with Crippen LogP contribution in [0.3, 0.4) is 0 Å². The van der Waals surface area contributed by atoms with Crippen LogP contribution in [-0.2, 0) is 0 Å². The fraction of sp³-hybridized carbons (Fsp3) is 0.500. The summed E-state index contributed by atoms with van der Waals surface area (Å²) in [7, 11) is 1.27.